The average molecular weight is 254 g/mol. The summed E-state index contributed by atoms with van der Waals surface area (Å²) in [5.74, 6) is 0. The van der Waals surface area contributed by atoms with Crippen LogP contribution in [0.15, 0.2) is 0 Å². The maximum absolute atomic E-state index is 11.7. The van der Waals surface area contributed by atoms with Crippen molar-refractivity contribution in [2.45, 2.75) is 76.5 Å². The van der Waals surface area contributed by atoms with Crippen molar-refractivity contribution in [3.05, 3.63) is 0 Å². The molecule has 1 heterocycles. The minimum atomic E-state index is -0.410. The van der Waals surface area contributed by atoms with Crippen LogP contribution in [0.25, 0.3) is 0 Å². The zero-order chi connectivity index (χ0) is 13.2. The molecule has 4 heteroatoms. The molecule has 2 fully saturated rings. The Morgan fingerprint density at radius 2 is 1.94 bits per heavy atom. The van der Waals surface area contributed by atoms with Crippen molar-refractivity contribution in [3.8, 4) is 0 Å². The Hall–Kier alpha value is -0.770. The van der Waals surface area contributed by atoms with Crippen molar-refractivity contribution in [3.63, 3.8) is 0 Å². The summed E-state index contributed by atoms with van der Waals surface area (Å²) in [5.41, 5.74) is -0.0287. The third-order valence-corrected chi connectivity index (χ3v) is 4.00. The SMILES string of the molecule is CC(C)(C)OC(=O)NC1CCC2(CCCN2)CC1. The van der Waals surface area contributed by atoms with Crippen molar-refractivity contribution in [2.75, 3.05) is 6.54 Å². The van der Waals surface area contributed by atoms with Crippen LogP contribution in [-0.2, 0) is 4.74 Å². The van der Waals surface area contributed by atoms with E-state index < -0.39 is 5.60 Å². The second-order valence-electron chi connectivity index (χ2n) is 6.73. The van der Waals surface area contributed by atoms with E-state index in [-0.39, 0.29) is 12.1 Å². The quantitative estimate of drug-likeness (QED) is 0.756. The summed E-state index contributed by atoms with van der Waals surface area (Å²) in [7, 11) is 0. The third kappa shape index (κ3) is 3.61. The molecule has 1 aliphatic carbocycles. The van der Waals surface area contributed by atoms with E-state index in [2.05, 4.69) is 10.6 Å². The molecule has 1 saturated carbocycles. The van der Waals surface area contributed by atoms with Crippen LogP contribution in [-0.4, -0.2) is 29.8 Å². The van der Waals surface area contributed by atoms with Gasteiger partial charge in [-0.05, 0) is 65.8 Å². The smallest absolute Gasteiger partial charge is 0.407 e. The van der Waals surface area contributed by atoms with Crippen LogP contribution in [0.1, 0.15) is 59.3 Å². The predicted octanol–water partition coefficient (Wildman–Crippen LogP) is 2.58. The zero-order valence-electron chi connectivity index (χ0n) is 11.8. The Bertz CT molecular complexity index is 293. The molecule has 4 nitrogen and oxygen atoms in total. The molecule has 2 aliphatic rings. The van der Waals surface area contributed by atoms with E-state index >= 15 is 0 Å². The van der Waals surface area contributed by atoms with Crippen molar-refractivity contribution >= 4 is 6.09 Å². The fraction of sp³-hybridized carbons (Fsp3) is 0.929. The van der Waals surface area contributed by atoms with Gasteiger partial charge < -0.3 is 15.4 Å². The molecule has 0 radical (unpaired) electrons. The first-order valence-corrected chi connectivity index (χ1v) is 7.13. The fourth-order valence-corrected chi connectivity index (χ4v) is 3.08. The van der Waals surface area contributed by atoms with Gasteiger partial charge in [0.2, 0.25) is 0 Å². The molecule has 18 heavy (non-hydrogen) atoms. The Kier molecular flexibility index (Phi) is 3.85. The van der Waals surface area contributed by atoms with Crippen molar-refractivity contribution in [1.82, 2.24) is 10.6 Å². The molecule has 2 rings (SSSR count). The summed E-state index contributed by atoms with van der Waals surface area (Å²) in [6.07, 6.45) is 6.79. The van der Waals surface area contributed by atoms with E-state index in [0.717, 1.165) is 19.4 Å². The lowest BCUT2D eigenvalue weighted by Gasteiger charge is -2.37. The Labute approximate surface area is 110 Å². The topological polar surface area (TPSA) is 50.4 Å². The van der Waals surface area contributed by atoms with E-state index in [9.17, 15) is 4.79 Å². The second-order valence-corrected chi connectivity index (χ2v) is 6.73. The monoisotopic (exact) mass is 254 g/mol. The molecule has 1 aliphatic heterocycles. The highest BCUT2D eigenvalue weighted by molar-refractivity contribution is 5.68. The number of hydrogen-bond donors (Lipinski definition) is 2. The summed E-state index contributed by atoms with van der Waals surface area (Å²) in [4.78, 5) is 11.7. The molecule has 0 aromatic carbocycles. The van der Waals surface area contributed by atoms with Gasteiger partial charge in [0.1, 0.15) is 5.60 Å². The summed E-state index contributed by atoms with van der Waals surface area (Å²) in [6.45, 7) is 6.84. The number of carbonyl (C=O) groups excluding carboxylic acids is 1. The Morgan fingerprint density at radius 3 is 2.44 bits per heavy atom. The van der Waals surface area contributed by atoms with Gasteiger partial charge in [0.25, 0.3) is 0 Å². The van der Waals surface area contributed by atoms with Crippen molar-refractivity contribution < 1.29 is 9.53 Å². The molecular formula is C14H26N2O2. The van der Waals surface area contributed by atoms with Gasteiger partial charge in [-0.1, -0.05) is 0 Å². The van der Waals surface area contributed by atoms with Gasteiger partial charge in [0, 0.05) is 11.6 Å². The van der Waals surface area contributed by atoms with E-state index in [0.29, 0.717) is 5.54 Å². The molecule has 0 bridgehead atoms. The predicted molar refractivity (Wildman–Crippen MR) is 71.6 cm³/mol. The van der Waals surface area contributed by atoms with E-state index in [1.165, 1.54) is 25.7 Å². The molecular weight excluding hydrogens is 228 g/mol. The van der Waals surface area contributed by atoms with Gasteiger partial charge in [-0.2, -0.15) is 0 Å². The first-order valence-electron chi connectivity index (χ1n) is 7.13. The number of carbonyl (C=O) groups is 1. The van der Waals surface area contributed by atoms with Crippen molar-refractivity contribution in [1.29, 1.82) is 0 Å². The van der Waals surface area contributed by atoms with Crippen LogP contribution < -0.4 is 10.6 Å². The number of amides is 1. The minimum absolute atomic E-state index is 0.275. The van der Waals surface area contributed by atoms with Gasteiger partial charge in [0.05, 0.1) is 0 Å². The van der Waals surface area contributed by atoms with Gasteiger partial charge in [-0.3, -0.25) is 0 Å². The van der Waals surface area contributed by atoms with Crippen LogP contribution in [0.3, 0.4) is 0 Å². The largest absolute Gasteiger partial charge is 0.444 e. The van der Waals surface area contributed by atoms with Crippen LogP contribution >= 0.6 is 0 Å². The lowest BCUT2D eigenvalue weighted by Crippen LogP contribution is -2.48. The molecule has 0 atom stereocenters. The standard InChI is InChI=1S/C14H26N2O2/c1-13(2,3)18-12(17)16-11-5-8-14(9-6-11)7-4-10-15-14/h11,15H,4-10H2,1-3H3,(H,16,17). The normalized spacial score (nSPS) is 32.5. The Morgan fingerprint density at radius 1 is 1.28 bits per heavy atom. The van der Waals surface area contributed by atoms with Gasteiger partial charge in [0.15, 0.2) is 0 Å². The lowest BCUT2D eigenvalue weighted by atomic mass is 9.78. The minimum Gasteiger partial charge on any atom is -0.444 e. The average Bonchev–Trinajstić information content (AvgIpc) is 2.68. The summed E-state index contributed by atoms with van der Waals surface area (Å²) in [5, 5.41) is 6.63. The third-order valence-electron chi connectivity index (χ3n) is 4.00. The van der Waals surface area contributed by atoms with Crippen LogP contribution in [0.5, 0.6) is 0 Å². The van der Waals surface area contributed by atoms with E-state index in [1.807, 2.05) is 20.8 Å². The molecule has 1 saturated heterocycles. The van der Waals surface area contributed by atoms with Crippen LogP contribution in [0.4, 0.5) is 4.79 Å². The number of hydrogen-bond acceptors (Lipinski definition) is 3. The maximum Gasteiger partial charge on any atom is 0.407 e. The fourth-order valence-electron chi connectivity index (χ4n) is 3.08. The highest BCUT2D eigenvalue weighted by Crippen LogP contribution is 2.35. The highest BCUT2D eigenvalue weighted by atomic mass is 16.6. The molecule has 1 amide bonds. The number of ether oxygens (including phenoxy) is 1. The lowest BCUT2D eigenvalue weighted by molar-refractivity contribution is 0.0481. The van der Waals surface area contributed by atoms with Gasteiger partial charge in [-0.15, -0.1) is 0 Å². The molecule has 104 valence electrons. The molecule has 2 N–H and O–H groups in total. The summed E-state index contributed by atoms with van der Waals surface area (Å²) >= 11 is 0. The zero-order valence-corrected chi connectivity index (χ0v) is 11.8. The maximum atomic E-state index is 11.7. The first-order chi connectivity index (χ1) is 8.39. The van der Waals surface area contributed by atoms with Crippen LogP contribution in [0.2, 0.25) is 0 Å². The van der Waals surface area contributed by atoms with E-state index in [1.54, 1.807) is 0 Å². The molecule has 0 aromatic rings. The van der Waals surface area contributed by atoms with Crippen LogP contribution in [0, 0.1) is 0 Å². The van der Waals surface area contributed by atoms with Crippen molar-refractivity contribution in [2.24, 2.45) is 0 Å². The van der Waals surface area contributed by atoms with Gasteiger partial charge in [-0.25, -0.2) is 4.79 Å². The second kappa shape index (κ2) is 5.08. The van der Waals surface area contributed by atoms with Gasteiger partial charge >= 0.3 is 6.09 Å². The summed E-state index contributed by atoms with van der Waals surface area (Å²) < 4.78 is 5.29. The molecule has 0 aromatic heterocycles. The number of nitrogens with one attached hydrogen (secondary N) is 2. The Balaban J connectivity index is 1.75. The van der Waals surface area contributed by atoms with E-state index in [4.69, 9.17) is 4.74 Å². The number of alkyl carbamates (subject to hydrolysis) is 1. The molecule has 0 unspecified atom stereocenters. The molecule has 1 spiro atoms. The first kappa shape index (κ1) is 13.7. The number of rotatable bonds is 1. The summed E-state index contributed by atoms with van der Waals surface area (Å²) in [6, 6.07) is 0.285. The highest BCUT2D eigenvalue weighted by Gasteiger charge is 2.37.